The standard InChI is InChI=1S/C19H25F2N3O2/c1-12(2)9-19(22,17(25)26-13(3)4)16-7-5-14(6-8-16)15-10-23-24(11-15)18(20)21/h5-8,10-13,18H,9,22H2,1-4H3. The highest BCUT2D eigenvalue weighted by Crippen LogP contribution is 2.30. The van der Waals surface area contributed by atoms with Gasteiger partial charge in [-0.1, -0.05) is 38.1 Å². The van der Waals surface area contributed by atoms with Gasteiger partial charge in [-0.2, -0.15) is 13.9 Å². The Morgan fingerprint density at radius 3 is 2.27 bits per heavy atom. The summed E-state index contributed by atoms with van der Waals surface area (Å²) in [5.74, 6) is -0.289. The van der Waals surface area contributed by atoms with Gasteiger partial charge in [0.15, 0.2) is 0 Å². The maximum absolute atomic E-state index is 12.7. The fraction of sp³-hybridized carbons (Fsp3) is 0.474. The van der Waals surface area contributed by atoms with E-state index in [9.17, 15) is 13.6 Å². The Bertz CT molecular complexity index is 741. The van der Waals surface area contributed by atoms with E-state index in [-0.39, 0.29) is 12.0 Å². The number of nitrogens with two attached hydrogens (primary N) is 1. The molecule has 0 radical (unpaired) electrons. The summed E-state index contributed by atoms with van der Waals surface area (Å²) in [6, 6.07) is 6.96. The zero-order valence-electron chi connectivity index (χ0n) is 15.4. The number of alkyl halides is 2. The highest BCUT2D eigenvalue weighted by atomic mass is 19.3. The van der Waals surface area contributed by atoms with Crippen molar-refractivity contribution in [1.29, 1.82) is 0 Å². The first-order valence-electron chi connectivity index (χ1n) is 8.56. The first-order chi connectivity index (χ1) is 12.1. The van der Waals surface area contributed by atoms with Gasteiger partial charge in [-0.15, -0.1) is 0 Å². The Morgan fingerprint density at radius 1 is 1.19 bits per heavy atom. The minimum Gasteiger partial charge on any atom is -0.461 e. The van der Waals surface area contributed by atoms with E-state index in [1.54, 1.807) is 38.1 Å². The molecule has 7 heteroatoms. The average molecular weight is 365 g/mol. The number of hydrogen-bond acceptors (Lipinski definition) is 4. The summed E-state index contributed by atoms with van der Waals surface area (Å²) in [5.41, 5.74) is 7.10. The second kappa shape index (κ2) is 7.95. The van der Waals surface area contributed by atoms with Crippen LogP contribution in [0.4, 0.5) is 8.78 Å². The van der Waals surface area contributed by atoms with Crippen LogP contribution in [0.15, 0.2) is 36.7 Å². The molecule has 0 aliphatic heterocycles. The van der Waals surface area contributed by atoms with Crippen molar-refractivity contribution in [3.05, 3.63) is 42.2 Å². The highest BCUT2D eigenvalue weighted by Gasteiger charge is 2.38. The van der Waals surface area contributed by atoms with E-state index >= 15 is 0 Å². The molecule has 0 spiro atoms. The van der Waals surface area contributed by atoms with Gasteiger partial charge in [0.25, 0.3) is 0 Å². The quantitative estimate of drug-likeness (QED) is 0.750. The number of esters is 1. The fourth-order valence-corrected chi connectivity index (χ4v) is 2.84. The van der Waals surface area contributed by atoms with Crippen molar-refractivity contribution in [3.8, 4) is 11.1 Å². The summed E-state index contributed by atoms with van der Waals surface area (Å²) < 4.78 is 31.3. The Kier molecular flexibility index (Phi) is 6.13. The van der Waals surface area contributed by atoms with Crippen molar-refractivity contribution < 1.29 is 18.3 Å². The Labute approximate surface area is 152 Å². The molecule has 0 fully saturated rings. The van der Waals surface area contributed by atoms with Crippen LogP contribution in [-0.2, 0) is 15.1 Å². The van der Waals surface area contributed by atoms with Crippen LogP contribution in [0.2, 0.25) is 0 Å². The first-order valence-corrected chi connectivity index (χ1v) is 8.56. The largest absolute Gasteiger partial charge is 0.461 e. The predicted molar refractivity (Wildman–Crippen MR) is 95.5 cm³/mol. The normalized spacial score (nSPS) is 14.1. The second-order valence-electron chi connectivity index (χ2n) is 7.09. The van der Waals surface area contributed by atoms with E-state index in [0.717, 1.165) is 0 Å². The lowest BCUT2D eigenvalue weighted by Gasteiger charge is -2.30. The minimum atomic E-state index is -2.68. The summed E-state index contributed by atoms with van der Waals surface area (Å²) in [5, 5.41) is 3.63. The number of aromatic nitrogens is 2. The molecular formula is C19H25F2N3O2. The minimum absolute atomic E-state index is 0.184. The molecule has 0 saturated heterocycles. The monoisotopic (exact) mass is 365 g/mol. The van der Waals surface area contributed by atoms with Crippen LogP contribution >= 0.6 is 0 Å². The van der Waals surface area contributed by atoms with Gasteiger partial charge in [-0.25, -0.2) is 9.48 Å². The lowest BCUT2D eigenvalue weighted by Crippen LogP contribution is -2.47. The van der Waals surface area contributed by atoms with Crippen LogP contribution in [0.1, 0.15) is 46.2 Å². The number of carbonyl (C=O) groups is 1. The zero-order valence-corrected chi connectivity index (χ0v) is 15.4. The van der Waals surface area contributed by atoms with Gasteiger partial charge in [-0.3, -0.25) is 0 Å². The van der Waals surface area contributed by atoms with Crippen molar-refractivity contribution in [2.24, 2.45) is 11.7 Å². The zero-order chi connectivity index (χ0) is 19.5. The van der Waals surface area contributed by atoms with Crippen molar-refractivity contribution in [2.45, 2.75) is 52.3 Å². The average Bonchev–Trinajstić information content (AvgIpc) is 3.04. The molecule has 0 aliphatic carbocycles. The van der Waals surface area contributed by atoms with Crippen LogP contribution in [-0.4, -0.2) is 21.9 Å². The smallest absolute Gasteiger partial charge is 0.333 e. The van der Waals surface area contributed by atoms with Crippen molar-refractivity contribution in [2.75, 3.05) is 0 Å². The molecule has 1 atom stereocenters. The third-order valence-corrected chi connectivity index (χ3v) is 3.97. The Morgan fingerprint density at radius 2 is 1.81 bits per heavy atom. The Hall–Kier alpha value is -2.28. The summed E-state index contributed by atoms with van der Waals surface area (Å²) in [6.07, 6.45) is 2.81. The van der Waals surface area contributed by atoms with Crippen molar-refractivity contribution in [1.82, 2.24) is 9.78 Å². The third-order valence-electron chi connectivity index (χ3n) is 3.97. The lowest BCUT2D eigenvalue weighted by atomic mass is 9.82. The van der Waals surface area contributed by atoms with Crippen LogP contribution in [0.5, 0.6) is 0 Å². The molecule has 2 N–H and O–H groups in total. The van der Waals surface area contributed by atoms with Gasteiger partial charge in [-0.05, 0) is 37.3 Å². The molecule has 0 saturated carbocycles. The number of benzene rings is 1. The molecule has 142 valence electrons. The molecule has 1 heterocycles. The van der Waals surface area contributed by atoms with Gasteiger partial charge in [0.1, 0.15) is 5.54 Å². The molecule has 26 heavy (non-hydrogen) atoms. The summed E-state index contributed by atoms with van der Waals surface area (Å²) in [4.78, 5) is 12.6. The summed E-state index contributed by atoms with van der Waals surface area (Å²) in [7, 11) is 0. The summed E-state index contributed by atoms with van der Waals surface area (Å²) in [6.45, 7) is 4.83. The molecule has 0 aliphatic rings. The SMILES string of the molecule is CC(C)CC(N)(C(=O)OC(C)C)c1ccc(-c2cnn(C(F)F)c2)cc1. The topological polar surface area (TPSA) is 70.1 Å². The third kappa shape index (κ3) is 4.46. The number of ether oxygens (including phenoxy) is 1. The fourth-order valence-electron chi connectivity index (χ4n) is 2.84. The van der Waals surface area contributed by atoms with Crippen molar-refractivity contribution >= 4 is 5.97 Å². The van der Waals surface area contributed by atoms with Gasteiger partial charge in [0.2, 0.25) is 0 Å². The van der Waals surface area contributed by atoms with Gasteiger partial charge in [0, 0.05) is 11.8 Å². The van der Waals surface area contributed by atoms with E-state index in [2.05, 4.69) is 5.10 Å². The maximum Gasteiger partial charge on any atom is 0.333 e. The molecule has 0 bridgehead atoms. The van der Waals surface area contributed by atoms with Crippen LogP contribution < -0.4 is 5.73 Å². The molecule has 1 aromatic heterocycles. The van der Waals surface area contributed by atoms with Gasteiger partial charge >= 0.3 is 12.5 Å². The number of halogens is 2. The van der Waals surface area contributed by atoms with E-state index in [1.165, 1.54) is 12.4 Å². The van der Waals surface area contributed by atoms with Crippen molar-refractivity contribution in [3.63, 3.8) is 0 Å². The molecule has 2 rings (SSSR count). The van der Waals surface area contributed by atoms with E-state index in [1.807, 2.05) is 13.8 Å². The second-order valence-corrected chi connectivity index (χ2v) is 7.09. The number of hydrogen-bond donors (Lipinski definition) is 1. The molecular weight excluding hydrogens is 340 g/mol. The highest BCUT2D eigenvalue weighted by molar-refractivity contribution is 5.83. The molecule has 1 unspecified atom stereocenters. The molecule has 5 nitrogen and oxygen atoms in total. The Balaban J connectivity index is 2.33. The van der Waals surface area contributed by atoms with E-state index in [4.69, 9.17) is 10.5 Å². The molecule has 2 aromatic rings. The summed E-state index contributed by atoms with van der Waals surface area (Å²) >= 11 is 0. The predicted octanol–water partition coefficient (Wildman–Crippen LogP) is 4.10. The number of nitrogens with zero attached hydrogens (tertiary/aromatic N) is 2. The molecule has 1 aromatic carbocycles. The van der Waals surface area contributed by atoms with E-state index in [0.29, 0.717) is 27.8 Å². The van der Waals surface area contributed by atoms with Crippen LogP contribution in [0.25, 0.3) is 11.1 Å². The van der Waals surface area contributed by atoms with E-state index < -0.39 is 18.1 Å². The number of carbonyl (C=O) groups excluding carboxylic acids is 1. The van der Waals surface area contributed by atoms with Crippen LogP contribution in [0.3, 0.4) is 0 Å². The van der Waals surface area contributed by atoms with Crippen LogP contribution in [0, 0.1) is 5.92 Å². The van der Waals surface area contributed by atoms with Gasteiger partial charge < -0.3 is 10.5 Å². The van der Waals surface area contributed by atoms with Gasteiger partial charge in [0.05, 0.1) is 12.3 Å². The first kappa shape index (κ1) is 20.0. The number of rotatable bonds is 7. The maximum atomic E-state index is 12.7. The molecule has 0 amide bonds. The lowest BCUT2D eigenvalue weighted by molar-refractivity contribution is -0.155.